The lowest BCUT2D eigenvalue weighted by Gasteiger charge is -2.20. The Morgan fingerprint density at radius 3 is 3.25 bits per heavy atom. The smallest absolute Gasteiger partial charge is 0.375 e. The zero-order valence-electron chi connectivity index (χ0n) is 11.0. The number of carbonyl (C=O) groups is 1. The van der Waals surface area contributed by atoms with Gasteiger partial charge in [0.1, 0.15) is 6.61 Å². The molecule has 1 aromatic heterocycles. The molecule has 20 heavy (non-hydrogen) atoms. The molecule has 2 N–H and O–H groups in total. The number of esters is 1. The number of nitrogens with one attached hydrogen (secondary N) is 2. The SMILES string of the molecule is CCOC(=O)c1nc(-c2cccc3c2OCCN3)n[nH]1. The standard InChI is InChI=1S/C13H14N4O3/c1-2-19-13(18)12-15-11(16-17-12)8-4-3-5-9-10(8)20-7-6-14-9/h3-5,14H,2,6-7H2,1H3,(H,15,16,17). The topological polar surface area (TPSA) is 89.1 Å². The van der Waals surface area contributed by atoms with Gasteiger partial charge in [-0.1, -0.05) is 6.07 Å². The summed E-state index contributed by atoms with van der Waals surface area (Å²) in [6.07, 6.45) is 0. The van der Waals surface area contributed by atoms with Crippen molar-refractivity contribution in [1.82, 2.24) is 15.2 Å². The predicted octanol–water partition coefficient (Wildman–Crippen LogP) is 1.45. The molecule has 3 rings (SSSR count). The Kier molecular flexibility index (Phi) is 3.24. The molecule has 0 amide bonds. The van der Waals surface area contributed by atoms with Gasteiger partial charge in [0.15, 0.2) is 11.6 Å². The van der Waals surface area contributed by atoms with Crippen LogP contribution in [-0.4, -0.2) is 40.9 Å². The van der Waals surface area contributed by atoms with E-state index < -0.39 is 5.97 Å². The maximum absolute atomic E-state index is 11.6. The van der Waals surface area contributed by atoms with Crippen LogP contribution < -0.4 is 10.1 Å². The maximum atomic E-state index is 11.6. The summed E-state index contributed by atoms with van der Waals surface area (Å²) >= 11 is 0. The van der Waals surface area contributed by atoms with Crippen LogP contribution in [0, 0.1) is 0 Å². The lowest BCUT2D eigenvalue weighted by atomic mass is 10.1. The van der Waals surface area contributed by atoms with Crippen molar-refractivity contribution in [2.75, 3.05) is 25.1 Å². The molecule has 0 fully saturated rings. The van der Waals surface area contributed by atoms with Crippen LogP contribution in [-0.2, 0) is 4.74 Å². The highest BCUT2D eigenvalue weighted by Crippen LogP contribution is 2.36. The second-order valence-corrected chi connectivity index (χ2v) is 4.19. The first kappa shape index (κ1) is 12.5. The predicted molar refractivity (Wildman–Crippen MR) is 71.8 cm³/mol. The minimum absolute atomic E-state index is 0.0863. The Balaban J connectivity index is 1.96. The van der Waals surface area contributed by atoms with Crippen LogP contribution in [0.5, 0.6) is 5.75 Å². The highest BCUT2D eigenvalue weighted by atomic mass is 16.5. The van der Waals surface area contributed by atoms with Gasteiger partial charge in [0.2, 0.25) is 5.82 Å². The molecule has 0 aliphatic carbocycles. The Hall–Kier alpha value is -2.57. The summed E-state index contributed by atoms with van der Waals surface area (Å²) in [6, 6.07) is 5.66. The van der Waals surface area contributed by atoms with Crippen molar-refractivity contribution in [3.63, 3.8) is 0 Å². The van der Waals surface area contributed by atoms with Crippen molar-refractivity contribution < 1.29 is 14.3 Å². The molecular weight excluding hydrogens is 260 g/mol. The van der Waals surface area contributed by atoms with E-state index in [1.165, 1.54) is 0 Å². The molecule has 0 bridgehead atoms. The summed E-state index contributed by atoms with van der Waals surface area (Å²) in [4.78, 5) is 15.7. The summed E-state index contributed by atoms with van der Waals surface area (Å²) in [6.45, 7) is 3.38. The van der Waals surface area contributed by atoms with Crippen LogP contribution in [0.3, 0.4) is 0 Å². The quantitative estimate of drug-likeness (QED) is 0.823. The molecule has 2 aromatic rings. The molecule has 0 saturated carbocycles. The van der Waals surface area contributed by atoms with Gasteiger partial charge in [-0.3, -0.25) is 5.10 Å². The van der Waals surface area contributed by atoms with Crippen molar-refractivity contribution in [3.05, 3.63) is 24.0 Å². The van der Waals surface area contributed by atoms with E-state index in [0.717, 1.165) is 17.8 Å². The fourth-order valence-corrected chi connectivity index (χ4v) is 2.02. The Morgan fingerprint density at radius 2 is 2.40 bits per heavy atom. The summed E-state index contributed by atoms with van der Waals surface area (Å²) < 4.78 is 10.5. The van der Waals surface area contributed by atoms with Gasteiger partial charge in [0.05, 0.1) is 17.9 Å². The van der Waals surface area contributed by atoms with E-state index in [-0.39, 0.29) is 5.82 Å². The third-order valence-corrected chi connectivity index (χ3v) is 2.87. The number of H-pyrrole nitrogens is 1. The van der Waals surface area contributed by atoms with Gasteiger partial charge >= 0.3 is 5.97 Å². The molecule has 0 saturated heterocycles. The maximum Gasteiger partial charge on any atom is 0.375 e. The number of benzene rings is 1. The van der Waals surface area contributed by atoms with Gasteiger partial charge in [-0.2, -0.15) is 5.10 Å². The van der Waals surface area contributed by atoms with Crippen molar-refractivity contribution in [2.45, 2.75) is 6.92 Å². The second-order valence-electron chi connectivity index (χ2n) is 4.19. The summed E-state index contributed by atoms with van der Waals surface area (Å²) in [5, 5.41) is 9.88. The van der Waals surface area contributed by atoms with Crippen LogP contribution in [0.1, 0.15) is 17.5 Å². The summed E-state index contributed by atoms with van der Waals surface area (Å²) in [7, 11) is 0. The zero-order valence-corrected chi connectivity index (χ0v) is 11.0. The third kappa shape index (κ3) is 2.18. The average Bonchev–Trinajstić information content (AvgIpc) is 2.97. The van der Waals surface area contributed by atoms with E-state index in [9.17, 15) is 4.79 Å². The molecule has 7 nitrogen and oxygen atoms in total. The van der Waals surface area contributed by atoms with E-state index in [2.05, 4.69) is 20.5 Å². The number of ether oxygens (including phenoxy) is 2. The van der Waals surface area contributed by atoms with E-state index in [0.29, 0.717) is 24.8 Å². The van der Waals surface area contributed by atoms with Crippen LogP contribution in [0.4, 0.5) is 5.69 Å². The summed E-state index contributed by atoms with van der Waals surface area (Å²) in [5.74, 6) is 0.681. The Labute approximate surface area is 115 Å². The number of nitrogens with zero attached hydrogens (tertiary/aromatic N) is 2. The fourth-order valence-electron chi connectivity index (χ4n) is 2.02. The highest BCUT2D eigenvalue weighted by molar-refractivity contribution is 5.86. The second kappa shape index (κ2) is 5.20. The number of carbonyl (C=O) groups excluding carboxylic acids is 1. The highest BCUT2D eigenvalue weighted by Gasteiger charge is 2.20. The number of hydrogen-bond acceptors (Lipinski definition) is 6. The minimum atomic E-state index is -0.518. The Bertz CT molecular complexity index is 638. The van der Waals surface area contributed by atoms with Gasteiger partial charge in [-0.15, -0.1) is 0 Å². The summed E-state index contributed by atoms with van der Waals surface area (Å²) in [5.41, 5.74) is 1.64. The first-order valence-corrected chi connectivity index (χ1v) is 6.39. The normalized spacial score (nSPS) is 13.1. The van der Waals surface area contributed by atoms with Gasteiger partial charge in [0.25, 0.3) is 0 Å². The van der Waals surface area contributed by atoms with E-state index in [1.807, 2.05) is 18.2 Å². The van der Waals surface area contributed by atoms with E-state index in [4.69, 9.17) is 9.47 Å². The number of fused-ring (bicyclic) bond motifs is 1. The van der Waals surface area contributed by atoms with E-state index >= 15 is 0 Å². The number of rotatable bonds is 3. The van der Waals surface area contributed by atoms with Crippen molar-refractivity contribution in [2.24, 2.45) is 0 Å². The number of para-hydroxylation sites is 1. The number of aromatic nitrogens is 3. The lowest BCUT2D eigenvalue weighted by Crippen LogP contribution is -2.18. The first-order valence-electron chi connectivity index (χ1n) is 6.39. The fraction of sp³-hybridized carbons (Fsp3) is 0.308. The molecule has 7 heteroatoms. The van der Waals surface area contributed by atoms with Gasteiger partial charge in [-0.25, -0.2) is 9.78 Å². The first-order chi connectivity index (χ1) is 9.79. The molecule has 1 aliphatic heterocycles. The third-order valence-electron chi connectivity index (χ3n) is 2.87. The van der Waals surface area contributed by atoms with E-state index in [1.54, 1.807) is 6.92 Å². The number of aromatic amines is 1. The molecule has 0 radical (unpaired) electrons. The number of anilines is 1. The lowest BCUT2D eigenvalue weighted by molar-refractivity contribution is 0.0512. The molecule has 0 atom stereocenters. The van der Waals surface area contributed by atoms with Crippen LogP contribution >= 0.6 is 0 Å². The van der Waals surface area contributed by atoms with Gasteiger partial charge in [0, 0.05) is 6.54 Å². The molecule has 0 unspecified atom stereocenters. The van der Waals surface area contributed by atoms with Crippen molar-refractivity contribution in [1.29, 1.82) is 0 Å². The molecule has 1 aliphatic rings. The molecular formula is C13H14N4O3. The van der Waals surface area contributed by atoms with Crippen LogP contribution in [0.15, 0.2) is 18.2 Å². The zero-order chi connectivity index (χ0) is 13.9. The molecule has 0 spiro atoms. The molecule has 104 valence electrons. The largest absolute Gasteiger partial charge is 0.489 e. The Morgan fingerprint density at radius 1 is 1.50 bits per heavy atom. The van der Waals surface area contributed by atoms with Gasteiger partial charge in [-0.05, 0) is 19.1 Å². The van der Waals surface area contributed by atoms with Crippen LogP contribution in [0.2, 0.25) is 0 Å². The monoisotopic (exact) mass is 274 g/mol. The average molecular weight is 274 g/mol. The van der Waals surface area contributed by atoms with Gasteiger partial charge < -0.3 is 14.8 Å². The minimum Gasteiger partial charge on any atom is -0.489 e. The van der Waals surface area contributed by atoms with Crippen molar-refractivity contribution >= 4 is 11.7 Å². The van der Waals surface area contributed by atoms with Crippen molar-refractivity contribution in [3.8, 4) is 17.1 Å². The van der Waals surface area contributed by atoms with Crippen LogP contribution in [0.25, 0.3) is 11.4 Å². The molecule has 1 aromatic carbocycles. The molecule has 2 heterocycles. The number of hydrogen-bond donors (Lipinski definition) is 2.